The zero-order chi connectivity index (χ0) is 17.4. The highest BCUT2D eigenvalue weighted by molar-refractivity contribution is 7.92. The van der Waals surface area contributed by atoms with Crippen molar-refractivity contribution in [3.8, 4) is 0 Å². The number of piperidine rings is 1. The molecule has 7 heteroatoms. The van der Waals surface area contributed by atoms with Crippen molar-refractivity contribution in [2.45, 2.75) is 38.3 Å². The van der Waals surface area contributed by atoms with Crippen molar-refractivity contribution in [3.63, 3.8) is 0 Å². The number of hydrogen-bond acceptors (Lipinski definition) is 4. The minimum absolute atomic E-state index is 0.0117. The zero-order valence-electron chi connectivity index (χ0n) is 14.1. The Kier molecular flexibility index (Phi) is 4.57. The third-order valence-corrected chi connectivity index (χ3v) is 5.82. The van der Waals surface area contributed by atoms with Crippen molar-refractivity contribution >= 4 is 21.6 Å². The summed E-state index contributed by atoms with van der Waals surface area (Å²) in [6.45, 7) is 1.07. The molecule has 2 fully saturated rings. The fourth-order valence-corrected chi connectivity index (χ4v) is 4.44. The lowest BCUT2D eigenvalue weighted by atomic mass is 9.61. The maximum atomic E-state index is 12.8. The summed E-state index contributed by atoms with van der Waals surface area (Å²) in [6, 6.07) is 7.18. The van der Waals surface area contributed by atoms with Gasteiger partial charge in [-0.15, -0.1) is 0 Å². The maximum absolute atomic E-state index is 12.8. The first-order valence-electron chi connectivity index (χ1n) is 8.22. The first kappa shape index (κ1) is 17.2. The molecule has 1 saturated heterocycles. The average Bonchev–Trinajstić information content (AvgIpc) is 2.47. The normalized spacial score (nSPS) is 23.2. The van der Waals surface area contributed by atoms with E-state index in [1.165, 1.54) is 0 Å². The zero-order valence-corrected chi connectivity index (χ0v) is 14.9. The van der Waals surface area contributed by atoms with E-state index in [9.17, 15) is 13.2 Å². The van der Waals surface area contributed by atoms with Gasteiger partial charge in [0.1, 0.15) is 6.10 Å². The number of carbonyl (C=O) groups excluding carboxylic acids is 1. The molecule has 24 heavy (non-hydrogen) atoms. The summed E-state index contributed by atoms with van der Waals surface area (Å²) in [5.74, 6) is 0.0117. The first-order valence-corrected chi connectivity index (χ1v) is 10.1. The number of ether oxygens (including phenoxy) is 1. The van der Waals surface area contributed by atoms with Gasteiger partial charge in [-0.3, -0.25) is 9.52 Å². The number of benzene rings is 1. The molecular weight excluding hydrogens is 328 g/mol. The summed E-state index contributed by atoms with van der Waals surface area (Å²) in [5.41, 5.74) is 1.33. The van der Waals surface area contributed by atoms with Gasteiger partial charge in [0.2, 0.25) is 10.0 Å². The van der Waals surface area contributed by atoms with E-state index in [1.54, 1.807) is 24.1 Å². The molecular formula is C17H24N2O4S. The number of rotatable bonds is 5. The number of nitrogens with zero attached hydrogens (tertiary/aromatic N) is 1. The highest BCUT2D eigenvalue weighted by atomic mass is 32.2. The molecule has 1 atom stereocenters. The van der Waals surface area contributed by atoms with Crippen LogP contribution >= 0.6 is 0 Å². The van der Waals surface area contributed by atoms with E-state index in [2.05, 4.69) is 4.72 Å². The minimum atomic E-state index is -3.36. The summed E-state index contributed by atoms with van der Waals surface area (Å²) in [5, 5.41) is 0. The van der Waals surface area contributed by atoms with Crippen molar-refractivity contribution in [3.05, 3.63) is 29.8 Å². The highest BCUT2D eigenvalue weighted by Crippen LogP contribution is 2.50. The molecule has 1 aliphatic carbocycles. The largest absolute Gasteiger partial charge is 0.371 e. The van der Waals surface area contributed by atoms with Gasteiger partial charge in [-0.05, 0) is 30.9 Å². The molecule has 3 rings (SSSR count). The lowest BCUT2D eigenvalue weighted by Gasteiger charge is -2.51. The van der Waals surface area contributed by atoms with Gasteiger partial charge in [0.05, 0.1) is 11.9 Å². The van der Waals surface area contributed by atoms with Crippen LogP contribution in [0.25, 0.3) is 0 Å². The Balaban J connectivity index is 1.78. The van der Waals surface area contributed by atoms with Gasteiger partial charge in [-0.2, -0.15) is 0 Å². The first-order chi connectivity index (χ1) is 11.3. The summed E-state index contributed by atoms with van der Waals surface area (Å²) >= 11 is 0. The van der Waals surface area contributed by atoms with Crippen LogP contribution in [0.4, 0.5) is 5.69 Å². The van der Waals surface area contributed by atoms with Crippen LogP contribution in [-0.2, 0) is 26.1 Å². The van der Waals surface area contributed by atoms with Crippen LogP contribution in [0.2, 0.25) is 0 Å². The van der Waals surface area contributed by atoms with Crippen molar-refractivity contribution in [1.29, 1.82) is 0 Å². The number of likely N-dealkylation sites (tertiary alicyclic amines) is 1. The fraction of sp³-hybridized carbons (Fsp3) is 0.588. The quantitative estimate of drug-likeness (QED) is 0.879. The predicted molar refractivity (Wildman–Crippen MR) is 92.0 cm³/mol. The Morgan fingerprint density at radius 2 is 2.00 bits per heavy atom. The van der Waals surface area contributed by atoms with Gasteiger partial charge in [-0.1, -0.05) is 24.6 Å². The van der Waals surface area contributed by atoms with E-state index in [0.29, 0.717) is 18.8 Å². The molecule has 1 heterocycles. The number of nitrogens with one attached hydrogen (secondary N) is 1. The fourth-order valence-electron chi connectivity index (χ4n) is 3.84. The SMILES string of the molecule is COC1C(=O)N(Cc2ccccc2NS(C)(=O)=O)CCC12CCC2. The van der Waals surface area contributed by atoms with Gasteiger partial charge in [0, 0.05) is 25.6 Å². The molecule has 0 radical (unpaired) electrons. The summed E-state index contributed by atoms with van der Waals surface area (Å²) in [6.07, 6.45) is 4.95. The number of sulfonamides is 1. The second-order valence-corrected chi connectivity index (χ2v) is 8.62. The van der Waals surface area contributed by atoms with E-state index in [1.807, 2.05) is 12.1 Å². The maximum Gasteiger partial charge on any atom is 0.252 e. The molecule has 1 aliphatic heterocycles. The van der Waals surface area contributed by atoms with E-state index >= 15 is 0 Å². The lowest BCUT2D eigenvalue weighted by molar-refractivity contribution is -0.168. The number of para-hydroxylation sites is 1. The molecule has 2 aliphatic rings. The molecule has 1 aromatic carbocycles. The topological polar surface area (TPSA) is 75.7 Å². The van der Waals surface area contributed by atoms with Crippen LogP contribution in [-0.4, -0.2) is 45.2 Å². The third-order valence-electron chi connectivity index (χ3n) is 5.23. The Morgan fingerprint density at radius 3 is 2.58 bits per heavy atom. The number of methoxy groups -OCH3 is 1. The Labute approximate surface area is 143 Å². The second-order valence-electron chi connectivity index (χ2n) is 6.87. The Bertz CT molecular complexity index is 728. The predicted octanol–water partition coefficient (Wildman–Crippen LogP) is 1.98. The van der Waals surface area contributed by atoms with Gasteiger partial charge in [0.25, 0.3) is 5.91 Å². The molecule has 6 nitrogen and oxygen atoms in total. The number of amides is 1. The number of carbonyl (C=O) groups is 1. The van der Waals surface area contributed by atoms with Crippen LogP contribution in [0.15, 0.2) is 24.3 Å². The average molecular weight is 352 g/mol. The molecule has 1 aromatic rings. The smallest absolute Gasteiger partial charge is 0.252 e. The molecule has 132 valence electrons. The van der Waals surface area contributed by atoms with E-state index in [4.69, 9.17) is 4.74 Å². The van der Waals surface area contributed by atoms with Crippen LogP contribution in [0, 0.1) is 5.41 Å². The lowest BCUT2D eigenvalue weighted by Crippen LogP contribution is -2.58. The summed E-state index contributed by atoms with van der Waals surface area (Å²) in [4.78, 5) is 14.6. The summed E-state index contributed by atoms with van der Waals surface area (Å²) in [7, 11) is -1.76. The van der Waals surface area contributed by atoms with Crippen molar-refractivity contribution < 1.29 is 17.9 Å². The second kappa shape index (κ2) is 6.37. The molecule has 1 unspecified atom stereocenters. The molecule has 1 amide bonds. The van der Waals surface area contributed by atoms with Gasteiger partial charge in [-0.25, -0.2) is 8.42 Å². The highest BCUT2D eigenvalue weighted by Gasteiger charge is 2.51. The molecule has 1 N–H and O–H groups in total. The monoisotopic (exact) mass is 352 g/mol. The van der Waals surface area contributed by atoms with Gasteiger partial charge < -0.3 is 9.64 Å². The summed E-state index contributed by atoms with van der Waals surface area (Å²) < 4.78 is 31.1. The minimum Gasteiger partial charge on any atom is -0.371 e. The van der Waals surface area contributed by atoms with Gasteiger partial charge in [0.15, 0.2) is 0 Å². The van der Waals surface area contributed by atoms with Crippen LogP contribution in [0.1, 0.15) is 31.2 Å². The molecule has 0 aromatic heterocycles. The number of anilines is 1. The Hall–Kier alpha value is -1.60. The standard InChI is InChI=1S/C17H24N2O4S/c1-23-15-16(20)19(11-10-17(15)8-5-9-17)12-13-6-3-4-7-14(13)18-24(2,21)22/h3-4,6-7,15,18H,5,8-12H2,1-2H3. The van der Waals surface area contributed by atoms with E-state index < -0.39 is 10.0 Å². The van der Waals surface area contributed by atoms with Crippen molar-refractivity contribution in [1.82, 2.24) is 4.90 Å². The van der Waals surface area contributed by atoms with Crippen molar-refractivity contribution in [2.24, 2.45) is 5.41 Å². The van der Waals surface area contributed by atoms with Crippen LogP contribution < -0.4 is 4.72 Å². The van der Waals surface area contributed by atoms with Crippen LogP contribution in [0.5, 0.6) is 0 Å². The van der Waals surface area contributed by atoms with Crippen molar-refractivity contribution in [2.75, 3.05) is 24.6 Å². The molecule has 0 bridgehead atoms. The number of hydrogen-bond donors (Lipinski definition) is 1. The molecule has 1 spiro atoms. The Morgan fingerprint density at radius 1 is 1.29 bits per heavy atom. The third kappa shape index (κ3) is 3.28. The van der Waals surface area contributed by atoms with Crippen LogP contribution in [0.3, 0.4) is 0 Å². The van der Waals surface area contributed by atoms with E-state index in [0.717, 1.165) is 37.5 Å². The molecule has 1 saturated carbocycles. The van der Waals surface area contributed by atoms with Gasteiger partial charge >= 0.3 is 0 Å². The van der Waals surface area contributed by atoms with E-state index in [-0.39, 0.29) is 17.4 Å².